The number of nitrogens with one attached hydrogen (secondary N) is 2. The van der Waals surface area contributed by atoms with Crippen LogP contribution >= 0.6 is 12.4 Å². The van der Waals surface area contributed by atoms with E-state index in [1.165, 1.54) is 22.0 Å². The second kappa shape index (κ2) is 8.70. The molecular weight excluding hydrogens is 334 g/mol. The minimum absolute atomic E-state index is 0. The predicted molar refractivity (Wildman–Crippen MR) is 105 cm³/mol. The van der Waals surface area contributed by atoms with E-state index in [0.717, 1.165) is 18.4 Å². The van der Waals surface area contributed by atoms with Crippen molar-refractivity contribution in [3.8, 4) is 0 Å². The third-order valence-electron chi connectivity index (χ3n) is 4.40. The molecule has 0 radical (unpaired) electrons. The van der Waals surface area contributed by atoms with E-state index in [9.17, 15) is 4.79 Å². The van der Waals surface area contributed by atoms with Crippen molar-refractivity contribution in [1.82, 2.24) is 10.3 Å². The molecule has 0 bridgehead atoms. The number of benzene rings is 2. The first-order valence-corrected chi connectivity index (χ1v) is 8.38. The fourth-order valence-electron chi connectivity index (χ4n) is 2.98. The summed E-state index contributed by atoms with van der Waals surface area (Å²) < 4.78 is 0. The number of carbonyl (C=O) groups excluding carboxylic acids is 1. The molecule has 1 aromatic heterocycles. The Bertz CT molecular complexity index is 840. The molecule has 0 unspecified atom stereocenters. The summed E-state index contributed by atoms with van der Waals surface area (Å²) in [5.74, 6) is -0.0485. The quantitative estimate of drug-likeness (QED) is 0.631. The summed E-state index contributed by atoms with van der Waals surface area (Å²) in [4.78, 5) is 15.6. The largest absolute Gasteiger partial charge is 0.361 e. The topological polar surface area (TPSA) is 70.9 Å². The maximum absolute atomic E-state index is 12.2. The Morgan fingerprint density at radius 3 is 2.56 bits per heavy atom. The van der Waals surface area contributed by atoms with E-state index in [1.807, 2.05) is 30.5 Å². The molecule has 2 aromatic carbocycles. The molecule has 1 heterocycles. The van der Waals surface area contributed by atoms with Crippen molar-refractivity contribution in [2.45, 2.75) is 26.3 Å². The van der Waals surface area contributed by atoms with Gasteiger partial charge in [-0.25, -0.2) is 0 Å². The van der Waals surface area contributed by atoms with Gasteiger partial charge in [0, 0.05) is 35.8 Å². The summed E-state index contributed by atoms with van der Waals surface area (Å²) in [7, 11) is 0. The molecule has 0 fully saturated rings. The van der Waals surface area contributed by atoms with Gasteiger partial charge in [-0.2, -0.15) is 0 Å². The van der Waals surface area contributed by atoms with Crippen LogP contribution in [-0.4, -0.2) is 17.4 Å². The number of para-hydroxylation sites is 1. The first kappa shape index (κ1) is 19.0. The lowest BCUT2D eigenvalue weighted by Gasteiger charge is -2.06. The van der Waals surface area contributed by atoms with Crippen molar-refractivity contribution >= 4 is 29.2 Å². The van der Waals surface area contributed by atoms with Gasteiger partial charge in [-0.1, -0.05) is 37.3 Å². The average molecular weight is 358 g/mol. The third-order valence-corrected chi connectivity index (χ3v) is 4.40. The van der Waals surface area contributed by atoms with Gasteiger partial charge in [0.15, 0.2) is 0 Å². The van der Waals surface area contributed by atoms with Crippen LogP contribution in [0.3, 0.4) is 0 Å². The van der Waals surface area contributed by atoms with Crippen molar-refractivity contribution < 1.29 is 4.79 Å². The van der Waals surface area contributed by atoms with Gasteiger partial charge in [0.05, 0.1) is 0 Å². The maximum atomic E-state index is 12.2. The number of hydrogen-bond acceptors (Lipinski definition) is 2. The Kier molecular flexibility index (Phi) is 6.62. The zero-order valence-electron chi connectivity index (χ0n) is 14.3. The molecule has 5 heteroatoms. The lowest BCUT2D eigenvalue weighted by Crippen LogP contribution is -2.25. The van der Waals surface area contributed by atoms with Crippen LogP contribution in [-0.2, 0) is 19.4 Å². The highest BCUT2D eigenvalue weighted by Crippen LogP contribution is 2.22. The van der Waals surface area contributed by atoms with Crippen molar-refractivity contribution in [3.05, 3.63) is 70.9 Å². The molecule has 0 spiro atoms. The number of aryl methyl sites for hydroxylation is 1. The van der Waals surface area contributed by atoms with Gasteiger partial charge in [-0.15, -0.1) is 12.4 Å². The molecule has 25 heavy (non-hydrogen) atoms. The Hall–Kier alpha value is -2.30. The summed E-state index contributed by atoms with van der Waals surface area (Å²) in [6.07, 6.45) is 3.86. The molecule has 3 rings (SSSR count). The molecule has 4 N–H and O–H groups in total. The fraction of sp³-hybridized carbons (Fsp3) is 0.250. The van der Waals surface area contributed by atoms with Gasteiger partial charge in [0.1, 0.15) is 0 Å². The molecule has 0 aliphatic carbocycles. The van der Waals surface area contributed by atoms with Gasteiger partial charge in [-0.05, 0) is 41.7 Å². The minimum Gasteiger partial charge on any atom is -0.361 e. The Balaban J connectivity index is 0.00000225. The molecule has 0 atom stereocenters. The van der Waals surface area contributed by atoms with E-state index in [-0.39, 0.29) is 18.3 Å². The molecule has 0 saturated carbocycles. The third kappa shape index (κ3) is 4.21. The summed E-state index contributed by atoms with van der Waals surface area (Å²) in [5.41, 5.74) is 11.0. The fourth-order valence-corrected chi connectivity index (χ4v) is 2.98. The summed E-state index contributed by atoms with van der Waals surface area (Å²) in [5, 5.41) is 4.23. The van der Waals surface area contributed by atoms with E-state index >= 15 is 0 Å². The second-order valence-corrected chi connectivity index (χ2v) is 5.91. The number of hydrogen-bond donors (Lipinski definition) is 3. The molecule has 3 aromatic rings. The average Bonchev–Trinajstić information content (AvgIpc) is 3.05. The van der Waals surface area contributed by atoms with Crippen LogP contribution < -0.4 is 11.1 Å². The maximum Gasteiger partial charge on any atom is 0.251 e. The first-order valence-electron chi connectivity index (χ1n) is 8.38. The summed E-state index contributed by atoms with van der Waals surface area (Å²) >= 11 is 0. The number of H-pyrrole nitrogens is 1. The normalized spacial score (nSPS) is 10.5. The van der Waals surface area contributed by atoms with Crippen LogP contribution in [0.1, 0.15) is 34.0 Å². The number of aromatic nitrogens is 1. The van der Waals surface area contributed by atoms with Crippen LogP contribution in [0.5, 0.6) is 0 Å². The number of fused-ring (bicyclic) bond motifs is 1. The van der Waals surface area contributed by atoms with Crippen LogP contribution in [0.25, 0.3) is 10.9 Å². The smallest absolute Gasteiger partial charge is 0.251 e. The van der Waals surface area contributed by atoms with Crippen LogP contribution in [0.15, 0.2) is 48.7 Å². The van der Waals surface area contributed by atoms with E-state index in [1.54, 1.807) is 0 Å². The van der Waals surface area contributed by atoms with E-state index in [2.05, 4.69) is 35.4 Å². The highest BCUT2D eigenvalue weighted by molar-refractivity contribution is 5.94. The number of halogens is 1. The summed E-state index contributed by atoms with van der Waals surface area (Å²) in [6.45, 7) is 3.26. The lowest BCUT2D eigenvalue weighted by atomic mass is 10.1. The number of aromatic amines is 1. The molecule has 0 saturated heterocycles. The Morgan fingerprint density at radius 2 is 1.88 bits per heavy atom. The molecule has 0 aliphatic heterocycles. The number of nitrogens with two attached hydrogens (primary N) is 1. The van der Waals surface area contributed by atoms with Crippen molar-refractivity contribution in [1.29, 1.82) is 0 Å². The molecule has 132 valence electrons. The molecular formula is C20H24ClN3O. The van der Waals surface area contributed by atoms with Gasteiger partial charge in [0.25, 0.3) is 5.91 Å². The predicted octanol–water partition coefficient (Wildman–Crippen LogP) is 3.58. The van der Waals surface area contributed by atoms with Crippen LogP contribution in [0, 0.1) is 0 Å². The standard InChI is InChI=1S/C20H23N3O.ClH/c1-2-15-4-3-5-18-17(13-23-19(15)18)10-11-22-20(24)16-8-6-14(12-21)7-9-16;/h3-9,13,23H,2,10-12,21H2,1H3,(H,22,24);1H. The van der Waals surface area contributed by atoms with Gasteiger partial charge < -0.3 is 16.0 Å². The van der Waals surface area contributed by atoms with Crippen molar-refractivity contribution in [3.63, 3.8) is 0 Å². The number of rotatable bonds is 6. The lowest BCUT2D eigenvalue weighted by molar-refractivity contribution is 0.0954. The zero-order valence-corrected chi connectivity index (χ0v) is 15.2. The monoisotopic (exact) mass is 357 g/mol. The van der Waals surface area contributed by atoms with Crippen LogP contribution in [0.2, 0.25) is 0 Å². The Labute approximate surface area is 154 Å². The molecule has 0 aliphatic rings. The van der Waals surface area contributed by atoms with Gasteiger partial charge in [-0.3, -0.25) is 4.79 Å². The van der Waals surface area contributed by atoms with E-state index in [4.69, 9.17) is 5.73 Å². The number of amides is 1. The van der Waals surface area contributed by atoms with Gasteiger partial charge in [0.2, 0.25) is 0 Å². The van der Waals surface area contributed by atoms with Crippen molar-refractivity contribution in [2.75, 3.05) is 6.54 Å². The summed E-state index contributed by atoms with van der Waals surface area (Å²) in [6, 6.07) is 13.8. The number of carbonyl (C=O) groups is 1. The molecule has 1 amide bonds. The SMILES string of the molecule is CCc1cccc2c(CCNC(=O)c3ccc(CN)cc3)c[nH]c12.Cl. The first-order chi connectivity index (χ1) is 11.7. The van der Waals surface area contributed by atoms with Crippen molar-refractivity contribution in [2.24, 2.45) is 5.73 Å². The van der Waals surface area contributed by atoms with Crippen LogP contribution in [0.4, 0.5) is 0 Å². The highest BCUT2D eigenvalue weighted by Gasteiger charge is 2.08. The minimum atomic E-state index is -0.0485. The second-order valence-electron chi connectivity index (χ2n) is 5.91. The van der Waals surface area contributed by atoms with Gasteiger partial charge >= 0.3 is 0 Å². The zero-order chi connectivity index (χ0) is 16.9. The highest BCUT2D eigenvalue weighted by atomic mass is 35.5. The Morgan fingerprint density at radius 1 is 1.12 bits per heavy atom. The van der Waals surface area contributed by atoms with E-state index < -0.39 is 0 Å². The molecule has 4 nitrogen and oxygen atoms in total. The van der Waals surface area contributed by atoms with E-state index in [0.29, 0.717) is 18.7 Å².